The minimum atomic E-state index is 0.489. The first-order valence-corrected chi connectivity index (χ1v) is 8.37. The van der Waals surface area contributed by atoms with Gasteiger partial charge in [-0.25, -0.2) is 0 Å². The lowest BCUT2D eigenvalue weighted by Crippen LogP contribution is -2.19. The predicted octanol–water partition coefficient (Wildman–Crippen LogP) is 4.42. The highest BCUT2D eigenvalue weighted by molar-refractivity contribution is 6.32. The van der Waals surface area contributed by atoms with Crippen LogP contribution in [0.1, 0.15) is 29.5 Å². The molecule has 3 nitrogen and oxygen atoms in total. The van der Waals surface area contributed by atoms with Gasteiger partial charge in [0.15, 0.2) is 0 Å². The Labute approximate surface area is 142 Å². The molecular formula is C19H20ClN3. The van der Waals surface area contributed by atoms with Gasteiger partial charge in [-0.15, -0.1) is 0 Å². The SMILES string of the molecule is N#Cc1ccc(NCc2ccccc2CN2CCCC2)cc1Cl. The first-order chi connectivity index (χ1) is 11.3. The maximum atomic E-state index is 8.93. The Morgan fingerprint density at radius 1 is 1.09 bits per heavy atom. The lowest BCUT2D eigenvalue weighted by atomic mass is 10.1. The fraction of sp³-hybridized carbons (Fsp3) is 0.316. The van der Waals surface area contributed by atoms with Crippen molar-refractivity contribution < 1.29 is 0 Å². The number of benzene rings is 2. The number of halogens is 1. The number of hydrogen-bond acceptors (Lipinski definition) is 3. The molecule has 0 bridgehead atoms. The standard InChI is InChI=1S/C19H20ClN3/c20-19-11-18(8-7-15(19)12-21)22-13-16-5-1-2-6-17(16)14-23-9-3-4-10-23/h1-2,5-8,11,22H,3-4,9-10,13-14H2. The third-order valence-corrected chi connectivity index (χ3v) is 4.60. The van der Waals surface area contributed by atoms with Crippen molar-refractivity contribution in [3.63, 3.8) is 0 Å². The maximum Gasteiger partial charge on any atom is 0.101 e. The second kappa shape index (κ2) is 7.50. The second-order valence-corrected chi connectivity index (χ2v) is 6.32. The van der Waals surface area contributed by atoms with E-state index in [2.05, 4.69) is 40.6 Å². The molecule has 3 rings (SSSR count). The molecule has 0 spiro atoms. The molecule has 1 heterocycles. The van der Waals surface area contributed by atoms with E-state index in [0.717, 1.165) is 18.8 Å². The van der Waals surface area contributed by atoms with Gasteiger partial charge < -0.3 is 5.32 Å². The fourth-order valence-electron chi connectivity index (χ4n) is 2.98. The molecule has 1 aliphatic heterocycles. The molecule has 0 radical (unpaired) electrons. The summed E-state index contributed by atoms with van der Waals surface area (Å²) in [6, 6.07) is 16.1. The van der Waals surface area contributed by atoms with Crippen molar-refractivity contribution in [1.82, 2.24) is 4.90 Å². The summed E-state index contributed by atoms with van der Waals surface area (Å²) in [5.41, 5.74) is 4.12. The van der Waals surface area contributed by atoms with Crippen molar-refractivity contribution in [2.24, 2.45) is 0 Å². The van der Waals surface area contributed by atoms with Crippen LogP contribution in [0.25, 0.3) is 0 Å². The lowest BCUT2D eigenvalue weighted by Gasteiger charge is -2.18. The molecule has 4 heteroatoms. The Bertz CT molecular complexity index is 715. The quantitative estimate of drug-likeness (QED) is 0.884. The number of rotatable bonds is 5. The van der Waals surface area contributed by atoms with E-state index in [4.69, 9.17) is 16.9 Å². The van der Waals surface area contributed by atoms with Gasteiger partial charge in [-0.1, -0.05) is 35.9 Å². The molecule has 0 aliphatic carbocycles. The predicted molar refractivity (Wildman–Crippen MR) is 94.4 cm³/mol. The average molecular weight is 326 g/mol. The summed E-state index contributed by atoms with van der Waals surface area (Å²) in [5, 5.41) is 12.8. The summed E-state index contributed by atoms with van der Waals surface area (Å²) < 4.78 is 0. The van der Waals surface area contributed by atoms with Crippen LogP contribution < -0.4 is 5.32 Å². The molecule has 0 aromatic heterocycles. The summed E-state index contributed by atoms with van der Waals surface area (Å²) in [5.74, 6) is 0. The highest BCUT2D eigenvalue weighted by atomic mass is 35.5. The smallest absolute Gasteiger partial charge is 0.101 e. The van der Waals surface area contributed by atoms with E-state index in [0.29, 0.717) is 10.6 Å². The molecule has 0 atom stereocenters. The number of likely N-dealkylation sites (tertiary alicyclic amines) is 1. The molecule has 1 saturated heterocycles. The molecule has 1 N–H and O–H groups in total. The van der Waals surface area contributed by atoms with Crippen molar-refractivity contribution in [3.8, 4) is 6.07 Å². The van der Waals surface area contributed by atoms with Crippen molar-refractivity contribution in [2.75, 3.05) is 18.4 Å². The van der Waals surface area contributed by atoms with Crippen LogP contribution in [0.15, 0.2) is 42.5 Å². The maximum absolute atomic E-state index is 8.93. The van der Waals surface area contributed by atoms with Gasteiger partial charge in [0.2, 0.25) is 0 Å². The first-order valence-electron chi connectivity index (χ1n) is 7.99. The third-order valence-electron chi connectivity index (χ3n) is 4.28. The number of anilines is 1. The van der Waals surface area contributed by atoms with E-state index in [1.165, 1.54) is 37.1 Å². The zero-order valence-corrected chi connectivity index (χ0v) is 13.8. The van der Waals surface area contributed by atoms with E-state index in [-0.39, 0.29) is 0 Å². The molecule has 1 aliphatic rings. The summed E-state index contributed by atoms with van der Waals surface area (Å²) >= 11 is 6.09. The molecule has 118 valence electrons. The van der Waals surface area contributed by atoms with Gasteiger partial charge in [-0.3, -0.25) is 4.90 Å². The van der Waals surface area contributed by atoms with E-state index in [9.17, 15) is 0 Å². The molecule has 2 aromatic carbocycles. The number of nitrogens with one attached hydrogen (secondary N) is 1. The van der Waals surface area contributed by atoms with Crippen LogP contribution >= 0.6 is 11.6 Å². The minimum absolute atomic E-state index is 0.489. The van der Waals surface area contributed by atoms with Crippen LogP contribution in [0.2, 0.25) is 5.02 Å². The number of nitrogens with zero attached hydrogens (tertiary/aromatic N) is 2. The van der Waals surface area contributed by atoms with Gasteiger partial charge in [0.25, 0.3) is 0 Å². The van der Waals surface area contributed by atoms with Crippen molar-refractivity contribution in [2.45, 2.75) is 25.9 Å². The number of nitriles is 1. The van der Waals surface area contributed by atoms with Crippen LogP contribution in [0.5, 0.6) is 0 Å². The fourth-order valence-corrected chi connectivity index (χ4v) is 3.20. The van der Waals surface area contributed by atoms with Crippen molar-refractivity contribution in [1.29, 1.82) is 5.26 Å². The van der Waals surface area contributed by atoms with Crippen LogP contribution in [0.3, 0.4) is 0 Å². The zero-order chi connectivity index (χ0) is 16.1. The van der Waals surface area contributed by atoms with Gasteiger partial charge >= 0.3 is 0 Å². The summed E-state index contributed by atoms with van der Waals surface area (Å²) in [4.78, 5) is 2.51. The highest BCUT2D eigenvalue weighted by Gasteiger charge is 2.13. The number of hydrogen-bond donors (Lipinski definition) is 1. The monoisotopic (exact) mass is 325 g/mol. The Hall–Kier alpha value is -2.02. The normalized spacial score (nSPS) is 14.6. The van der Waals surface area contributed by atoms with Crippen LogP contribution in [0, 0.1) is 11.3 Å². The minimum Gasteiger partial charge on any atom is -0.381 e. The van der Waals surface area contributed by atoms with Gasteiger partial charge in [-0.2, -0.15) is 5.26 Å². The van der Waals surface area contributed by atoms with Gasteiger partial charge in [0.1, 0.15) is 6.07 Å². The largest absolute Gasteiger partial charge is 0.381 e. The van der Waals surface area contributed by atoms with Gasteiger partial charge in [0, 0.05) is 18.8 Å². The van der Waals surface area contributed by atoms with Crippen LogP contribution in [-0.4, -0.2) is 18.0 Å². The van der Waals surface area contributed by atoms with E-state index in [1.807, 2.05) is 12.1 Å². The van der Waals surface area contributed by atoms with E-state index >= 15 is 0 Å². The van der Waals surface area contributed by atoms with Gasteiger partial charge in [-0.05, 0) is 55.3 Å². The Kier molecular flexibility index (Phi) is 5.17. The Morgan fingerprint density at radius 3 is 2.52 bits per heavy atom. The average Bonchev–Trinajstić information content (AvgIpc) is 3.07. The summed E-state index contributed by atoms with van der Waals surface area (Å²) in [6.07, 6.45) is 2.62. The summed E-state index contributed by atoms with van der Waals surface area (Å²) in [6.45, 7) is 4.18. The van der Waals surface area contributed by atoms with Crippen LogP contribution in [-0.2, 0) is 13.1 Å². The Morgan fingerprint density at radius 2 is 1.83 bits per heavy atom. The molecule has 0 saturated carbocycles. The molecule has 0 amide bonds. The second-order valence-electron chi connectivity index (χ2n) is 5.91. The molecular weight excluding hydrogens is 306 g/mol. The van der Waals surface area contributed by atoms with Crippen molar-refractivity contribution >= 4 is 17.3 Å². The Balaban J connectivity index is 1.68. The van der Waals surface area contributed by atoms with E-state index < -0.39 is 0 Å². The van der Waals surface area contributed by atoms with Gasteiger partial charge in [0.05, 0.1) is 10.6 Å². The van der Waals surface area contributed by atoms with Crippen LogP contribution in [0.4, 0.5) is 5.69 Å². The highest BCUT2D eigenvalue weighted by Crippen LogP contribution is 2.22. The first kappa shape index (κ1) is 15.9. The molecule has 23 heavy (non-hydrogen) atoms. The third kappa shape index (κ3) is 4.04. The summed E-state index contributed by atoms with van der Waals surface area (Å²) in [7, 11) is 0. The molecule has 2 aromatic rings. The molecule has 0 unspecified atom stereocenters. The molecule has 1 fully saturated rings. The topological polar surface area (TPSA) is 39.1 Å². The van der Waals surface area contributed by atoms with E-state index in [1.54, 1.807) is 6.07 Å². The zero-order valence-electron chi connectivity index (χ0n) is 13.1. The lowest BCUT2D eigenvalue weighted by molar-refractivity contribution is 0.330. The van der Waals surface area contributed by atoms with Crippen molar-refractivity contribution in [3.05, 3.63) is 64.2 Å².